The van der Waals surface area contributed by atoms with E-state index in [1.165, 1.54) is 0 Å². The zero-order valence-electron chi connectivity index (χ0n) is 21.5. The first kappa shape index (κ1) is 24.1. The molecule has 2 N–H and O–H groups in total. The van der Waals surface area contributed by atoms with Gasteiger partial charge in [-0.3, -0.25) is 19.1 Å². The normalized spacial score (nSPS) is 14.3. The fourth-order valence-corrected chi connectivity index (χ4v) is 4.90. The minimum absolute atomic E-state index is 0.187. The summed E-state index contributed by atoms with van der Waals surface area (Å²) in [6.07, 6.45) is 9.35. The van der Waals surface area contributed by atoms with E-state index in [0.29, 0.717) is 11.2 Å². The minimum Gasteiger partial charge on any atom is -0.379 e. The second-order valence-corrected chi connectivity index (χ2v) is 9.63. The molecule has 0 radical (unpaired) electrons. The second-order valence-electron chi connectivity index (χ2n) is 9.63. The maximum Gasteiger partial charge on any atom is 0.259 e. The zero-order valence-corrected chi connectivity index (χ0v) is 21.5. The van der Waals surface area contributed by atoms with Crippen LogP contribution in [0.5, 0.6) is 0 Å². The van der Waals surface area contributed by atoms with Crippen LogP contribution >= 0.6 is 0 Å². The number of aryl methyl sites for hydroxylation is 2. The second kappa shape index (κ2) is 10.2. The summed E-state index contributed by atoms with van der Waals surface area (Å²) in [4.78, 5) is 22.7. The molecule has 0 unspecified atom stereocenters. The van der Waals surface area contributed by atoms with E-state index in [1.54, 1.807) is 17.1 Å². The summed E-state index contributed by atoms with van der Waals surface area (Å²) in [5.41, 5.74) is 5.60. The topological polar surface area (TPSA) is 106 Å². The highest BCUT2D eigenvalue weighted by atomic mass is 16.5. The Morgan fingerprint density at radius 1 is 1.03 bits per heavy atom. The monoisotopic (exact) mass is 510 g/mol. The third-order valence-electron chi connectivity index (χ3n) is 6.94. The van der Waals surface area contributed by atoms with Crippen molar-refractivity contribution in [3.05, 3.63) is 77.2 Å². The number of pyridine rings is 2. The van der Waals surface area contributed by atoms with Gasteiger partial charge in [0, 0.05) is 62.1 Å². The lowest BCUT2D eigenvalue weighted by Crippen LogP contribution is -2.38. The Kier molecular flexibility index (Phi) is 6.48. The lowest BCUT2D eigenvalue weighted by molar-refractivity contribution is 0.0360. The van der Waals surface area contributed by atoms with Crippen molar-refractivity contribution >= 4 is 22.3 Å². The Morgan fingerprint density at radius 3 is 2.66 bits per heavy atom. The molecule has 6 rings (SSSR count). The molecule has 10 nitrogen and oxygen atoms in total. The van der Waals surface area contributed by atoms with Crippen molar-refractivity contribution in [3.8, 4) is 22.4 Å². The standard InChI is InChI=1S/C28H30N8O2/c1-19-13-23(3-4-24(19)21-15-31-36(18-21)8-7-35-9-11-38-12-10-35)32-27-26-20(5-6-29-28(26)37)14-25(33-27)22-16-30-34(2)17-22/h3-6,13-18H,7-12H2,1-2H3,(H,29,37)(H,32,33). The van der Waals surface area contributed by atoms with Crippen LogP contribution in [0.2, 0.25) is 0 Å². The molecule has 0 atom stereocenters. The molecule has 4 aromatic heterocycles. The number of hydrogen-bond acceptors (Lipinski definition) is 7. The summed E-state index contributed by atoms with van der Waals surface area (Å²) in [6.45, 7) is 7.44. The summed E-state index contributed by atoms with van der Waals surface area (Å²) >= 11 is 0. The summed E-state index contributed by atoms with van der Waals surface area (Å²) < 4.78 is 9.17. The van der Waals surface area contributed by atoms with Gasteiger partial charge in [0.2, 0.25) is 0 Å². The number of morpholine rings is 1. The highest BCUT2D eigenvalue weighted by Crippen LogP contribution is 2.30. The molecule has 10 heteroatoms. The van der Waals surface area contributed by atoms with Crippen molar-refractivity contribution in [2.24, 2.45) is 7.05 Å². The van der Waals surface area contributed by atoms with E-state index in [1.807, 2.05) is 42.3 Å². The van der Waals surface area contributed by atoms with Crippen LogP contribution < -0.4 is 10.9 Å². The summed E-state index contributed by atoms with van der Waals surface area (Å²) in [5, 5.41) is 13.6. The first-order valence-corrected chi connectivity index (χ1v) is 12.8. The van der Waals surface area contributed by atoms with Gasteiger partial charge in [-0.2, -0.15) is 10.2 Å². The molecule has 5 heterocycles. The van der Waals surface area contributed by atoms with E-state index in [2.05, 4.69) is 50.7 Å². The zero-order chi connectivity index (χ0) is 26.1. The number of nitrogens with zero attached hydrogens (tertiary/aromatic N) is 6. The number of anilines is 2. The first-order valence-electron chi connectivity index (χ1n) is 12.8. The van der Waals surface area contributed by atoms with Gasteiger partial charge in [0.15, 0.2) is 0 Å². The van der Waals surface area contributed by atoms with Crippen LogP contribution in [0.1, 0.15) is 5.56 Å². The summed E-state index contributed by atoms with van der Waals surface area (Å²) in [7, 11) is 1.87. The molecule has 0 aliphatic carbocycles. The van der Waals surface area contributed by atoms with E-state index < -0.39 is 0 Å². The lowest BCUT2D eigenvalue weighted by atomic mass is 10.0. The van der Waals surface area contributed by atoms with Gasteiger partial charge < -0.3 is 15.0 Å². The highest BCUT2D eigenvalue weighted by molar-refractivity contribution is 5.95. The molecule has 1 saturated heterocycles. The molecule has 1 aromatic carbocycles. The van der Waals surface area contributed by atoms with Crippen molar-refractivity contribution in [3.63, 3.8) is 0 Å². The highest BCUT2D eigenvalue weighted by Gasteiger charge is 2.14. The van der Waals surface area contributed by atoms with Gasteiger partial charge >= 0.3 is 0 Å². The van der Waals surface area contributed by atoms with E-state index in [0.717, 1.165) is 78.4 Å². The number of benzene rings is 1. The molecule has 1 aliphatic heterocycles. The number of H-pyrrole nitrogens is 1. The van der Waals surface area contributed by atoms with Gasteiger partial charge in [-0.05, 0) is 47.7 Å². The van der Waals surface area contributed by atoms with Crippen molar-refractivity contribution in [1.82, 2.24) is 34.4 Å². The molecule has 1 aliphatic rings. The Balaban J connectivity index is 1.25. The van der Waals surface area contributed by atoms with Crippen molar-refractivity contribution in [1.29, 1.82) is 0 Å². The summed E-state index contributed by atoms with van der Waals surface area (Å²) in [6, 6.07) is 9.96. The molecule has 0 bridgehead atoms. The molecule has 194 valence electrons. The Hall–Kier alpha value is -4.28. The smallest absolute Gasteiger partial charge is 0.259 e. The fraction of sp³-hybridized carbons (Fsp3) is 0.286. The third-order valence-corrected chi connectivity index (χ3v) is 6.94. The van der Waals surface area contributed by atoms with Gasteiger partial charge in [0.05, 0.1) is 43.2 Å². The van der Waals surface area contributed by atoms with Crippen LogP contribution in [0.4, 0.5) is 11.5 Å². The van der Waals surface area contributed by atoms with E-state index >= 15 is 0 Å². The molecular formula is C28H30N8O2. The van der Waals surface area contributed by atoms with Gasteiger partial charge in [0.25, 0.3) is 5.56 Å². The van der Waals surface area contributed by atoms with Gasteiger partial charge in [-0.25, -0.2) is 4.98 Å². The van der Waals surface area contributed by atoms with Crippen LogP contribution in [-0.2, 0) is 18.3 Å². The van der Waals surface area contributed by atoms with Crippen LogP contribution in [-0.4, -0.2) is 67.3 Å². The maximum atomic E-state index is 12.7. The van der Waals surface area contributed by atoms with Crippen molar-refractivity contribution in [2.75, 3.05) is 38.2 Å². The fourth-order valence-electron chi connectivity index (χ4n) is 4.90. The maximum absolute atomic E-state index is 12.7. The van der Waals surface area contributed by atoms with Crippen molar-refractivity contribution < 1.29 is 4.74 Å². The quantitative estimate of drug-likeness (QED) is 0.345. The molecule has 0 spiro atoms. The Labute approximate surface area is 219 Å². The molecule has 0 amide bonds. The number of aromatic nitrogens is 6. The predicted molar refractivity (Wildman–Crippen MR) is 148 cm³/mol. The number of rotatable bonds is 7. The largest absolute Gasteiger partial charge is 0.379 e. The Morgan fingerprint density at radius 2 is 1.87 bits per heavy atom. The number of fused-ring (bicyclic) bond motifs is 1. The molecular weight excluding hydrogens is 480 g/mol. The van der Waals surface area contributed by atoms with Gasteiger partial charge in [-0.15, -0.1) is 0 Å². The minimum atomic E-state index is -0.187. The number of ether oxygens (including phenoxy) is 1. The lowest BCUT2D eigenvalue weighted by Gasteiger charge is -2.26. The van der Waals surface area contributed by atoms with E-state index in [4.69, 9.17) is 9.72 Å². The van der Waals surface area contributed by atoms with E-state index in [9.17, 15) is 4.79 Å². The average molecular weight is 511 g/mol. The van der Waals surface area contributed by atoms with Crippen molar-refractivity contribution in [2.45, 2.75) is 13.5 Å². The van der Waals surface area contributed by atoms with Gasteiger partial charge in [0.1, 0.15) is 5.82 Å². The van der Waals surface area contributed by atoms with Crippen LogP contribution in [0, 0.1) is 6.92 Å². The van der Waals surface area contributed by atoms with Crippen LogP contribution in [0.3, 0.4) is 0 Å². The first-order chi connectivity index (χ1) is 18.5. The molecule has 38 heavy (non-hydrogen) atoms. The van der Waals surface area contributed by atoms with Crippen LogP contribution in [0.25, 0.3) is 33.2 Å². The third kappa shape index (κ3) is 4.96. The average Bonchev–Trinajstić information content (AvgIpc) is 3.57. The SMILES string of the molecule is Cc1cc(Nc2nc(-c3cnn(C)c3)cc3cc[nH]c(=O)c23)ccc1-c1cnn(CCN2CCOCC2)c1. The Bertz CT molecular complexity index is 1640. The van der Waals surface area contributed by atoms with Crippen LogP contribution in [0.15, 0.2) is 66.1 Å². The van der Waals surface area contributed by atoms with E-state index in [-0.39, 0.29) is 5.56 Å². The molecule has 1 fully saturated rings. The molecule has 5 aromatic rings. The number of nitrogens with one attached hydrogen (secondary N) is 2. The summed E-state index contributed by atoms with van der Waals surface area (Å²) in [5.74, 6) is 0.506. The number of hydrogen-bond donors (Lipinski definition) is 2. The molecule has 0 saturated carbocycles. The number of aromatic amines is 1. The van der Waals surface area contributed by atoms with Gasteiger partial charge in [-0.1, -0.05) is 6.07 Å². The predicted octanol–water partition coefficient (Wildman–Crippen LogP) is 3.57.